The van der Waals surface area contributed by atoms with Crippen LogP contribution in [-0.2, 0) is 10.0 Å². The minimum atomic E-state index is -3.64. The van der Waals surface area contributed by atoms with Crippen molar-refractivity contribution in [2.45, 2.75) is 11.8 Å². The molecule has 8 heteroatoms. The van der Waals surface area contributed by atoms with E-state index in [4.69, 9.17) is 18.9 Å². The molecular weight excluding hydrogens is 358 g/mol. The van der Waals surface area contributed by atoms with Crippen molar-refractivity contribution in [3.05, 3.63) is 42.0 Å². The number of benzene rings is 2. The Labute approximate surface area is 153 Å². The first kappa shape index (κ1) is 19.9. The molecule has 0 heterocycles. The number of para-hydroxylation sites is 1. The van der Waals surface area contributed by atoms with Crippen molar-refractivity contribution >= 4 is 10.0 Å². The van der Waals surface area contributed by atoms with Crippen molar-refractivity contribution in [2.24, 2.45) is 0 Å². The molecule has 2 aromatic rings. The van der Waals surface area contributed by atoms with E-state index in [1.165, 1.54) is 27.4 Å². The second-order valence-electron chi connectivity index (χ2n) is 5.37. The van der Waals surface area contributed by atoms with Gasteiger partial charge in [-0.3, -0.25) is 0 Å². The first-order chi connectivity index (χ1) is 12.4. The van der Waals surface area contributed by atoms with E-state index in [9.17, 15) is 8.42 Å². The van der Waals surface area contributed by atoms with Crippen molar-refractivity contribution < 1.29 is 27.4 Å². The van der Waals surface area contributed by atoms with E-state index < -0.39 is 10.0 Å². The third-order valence-corrected chi connectivity index (χ3v) is 5.31. The number of aryl methyl sites for hydroxylation is 1. The monoisotopic (exact) mass is 381 g/mol. The van der Waals surface area contributed by atoms with Gasteiger partial charge in [0, 0.05) is 6.54 Å². The summed E-state index contributed by atoms with van der Waals surface area (Å²) < 4.78 is 48.6. The fraction of sp³-hybridized carbons (Fsp3) is 0.333. The quantitative estimate of drug-likeness (QED) is 0.672. The standard InChI is InChI=1S/C18H23NO6S/c1-13-12-14(22-2)8-9-17(13)26(20,21)19-10-11-25-16-7-5-6-15(23-3)18(16)24-4/h5-9,12,19H,10-11H2,1-4H3. The molecule has 0 atom stereocenters. The van der Waals surface area contributed by atoms with Crippen molar-refractivity contribution in [2.75, 3.05) is 34.5 Å². The van der Waals surface area contributed by atoms with Gasteiger partial charge in [0.1, 0.15) is 12.4 Å². The summed E-state index contributed by atoms with van der Waals surface area (Å²) in [5, 5.41) is 0. The second kappa shape index (κ2) is 8.77. The number of hydrogen-bond acceptors (Lipinski definition) is 6. The maximum absolute atomic E-state index is 12.4. The highest BCUT2D eigenvalue weighted by molar-refractivity contribution is 7.89. The topological polar surface area (TPSA) is 83.1 Å². The predicted octanol–water partition coefficient (Wildman–Crippen LogP) is 2.38. The van der Waals surface area contributed by atoms with Crippen LogP contribution in [0.3, 0.4) is 0 Å². The van der Waals surface area contributed by atoms with Gasteiger partial charge in [0.2, 0.25) is 15.8 Å². The molecule has 0 saturated heterocycles. The van der Waals surface area contributed by atoms with E-state index >= 15 is 0 Å². The Morgan fingerprint density at radius 1 is 0.962 bits per heavy atom. The number of nitrogens with one attached hydrogen (secondary N) is 1. The molecule has 142 valence electrons. The van der Waals surface area contributed by atoms with E-state index in [0.29, 0.717) is 28.6 Å². The molecule has 0 fully saturated rings. The zero-order valence-electron chi connectivity index (χ0n) is 15.2. The zero-order valence-corrected chi connectivity index (χ0v) is 16.1. The Kier molecular flexibility index (Phi) is 6.70. The normalized spacial score (nSPS) is 11.1. The molecule has 7 nitrogen and oxygen atoms in total. The summed E-state index contributed by atoms with van der Waals surface area (Å²) in [6.45, 7) is 1.96. The fourth-order valence-corrected chi connectivity index (χ4v) is 3.67. The number of methoxy groups -OCH3 is 3. The van der Waals surface area contributed by atoms with Gasteiger partial charge in [-0.25, -0.2) is 13.1 Å². The molecule has 0 unspecified atom stereocenters. The highest BCUT2D eigenvalue weighted by Gasteiger charge is 2.17. The number of rotatable bonds is 9. The summed E-state index contributed by atoms with van der Waals surface area (Å²) in [6.07, 6.45) is 0. The van der Waals surface area contributed by atoms with Crippen LogP contribution in [0.4, 0.5) is 0 Å². The van der Waals surface area contributed by atoms with Crippen LogP contribution >= 0.6 is 0 Å². The lowest BCUT2D eigenvalue weighted by atomic mass is 10.2. The second-order valence-corrected chi connectivity index (χ2v) is 7.10. The number of sulfonamides is 1. The van der Waals surface area contributed by atoms with E-state index in [2.05, 4.69) is 4.72 Å². The van der Waals surface area contributed by atoms with E-state index in [1.807, 2.05) is 0 Å². The van der Waals surface area contributed by atoms with Gasteiger partial charge in [0.15, 0.2) is 11.5 Å². The summed E-state index contributed by atoms with van der Waals surface area (Å²) in [5.74, 6) is 2.09. The van der Waals surface area contributed by atoms with Gasteiger partial charge in [0.25, 0.3) is 0 Å². The van der Waals surface area contributed by atoms with Crippen molar-refractivity contribution in [3.8, 4) is 23.0 Å². The molecule has 0 aromatic heterocycles. The molecule has 2 aromatic carbocycles. The summed E-state index contributed by atoms with van der Waals surface area (Å²) in [4.78, 5) is 0.206. The molecule has 0 bridgehead atoms. The van der Waals surface area contributed by atoms with Gasteiger partial charge in [-0.1, -0.05) is 6.07 Å². The lowest BCUT2D eigenvalue weighted by Gasteiger charge is -2.14. The molecule has 26 heavy (non-hydrogen) atoms. The van der Waals surface area contributed by atoms with E-state index in [1.54, 1.807) is 37.3 Å². The summed E-state index contributed by atoms with van der Waals surface area (Å²) in [6, 6.07) is 10.0. The summed E-state index contributed by atoms with van der Waals surface area (Å²) in [7, 11) is 0.941. The minimum absolute atomic E-state index is 0.105. The van der Waals surface area contributed by atoms with Crippen LogP contribution in [0.5, 0.6) is 23.0 Å². The van der Waals surface area contributed by atoms with E-state index in [-0.39, 0.29) is 18.0 Å². The molecule has 0 aliphatic rings. The molecule has 0 amide bonds. The molecule has 2 rings (SSSR count). The van der Waals surface area contributed by atoms with Gasteiger partial charge >= 0.3 is 0 Å². The first-order valence-electron chi connectivity index (χ1n) is 7.91. The average molecular weight is 381 g/mol. The van der Waals surface area contributed by atoms with Crippen LogP contribution in [-0.4, -0.2) is 42.9 Å². The van der Waals surface area contributed by atoms with Crippen LogP contribution in [0.2, 0.25) is 0 Å². The third-order valence-electron chi connectivity index (χ3n) is 3.69. The SMILES string of the molecule is COc1ccc(S(=O)(=O)NCCOc2cccc(OC)c2OC)c(C)c1. The van der Waals surface area contributed by atoms with Crippen LogP contribution in [0.25, 0.3) is 0 Å². The minimum Gasteiger partial charge on any atom is -0.497 e. The van der Waals surface area contributed by atoms with Gasteiger partial charge in [-0.15, -0.1) is 0 Å². The maximum atomic E-state index is 12.4. The van der Waals surface area contributed by atoms with Crippen molar-refractivity contribution in [3.63, 3.8) is 0 Å². The van der Waals surface area contributed by atoms with Gasteiger partial charge in [-0.2, -0.15) is 0 Å². The summed E-state index contributed by atoms with van der Waals surface area (Å²) in [5.41, 5.74) is 0.604. The number of ether oxygens (including phenoxy) is 4. The van der Waals surface area contributed by atoms with E-state index in [0.717, 1.165) is 0 Å². The fourth-order valence-electron chi connectivity index (χ4n) is 2.44. The predicted molar refractivity (Wildman–Crippen MR) is 98.0 cm³/mol. The van der Waals surface area contributed by atoms with Gasteiger partial charge < -0.3 is 18.9 Å². The van der Waals surface area contributed by atoms with Gasteiger partial charge in [0.05, 0.1) is 26.2 Å². The van der Waals surface area contributed by atoms with Crippen LogP contribution < -0.4 is 23.7 Å². The van der Waals surface area contributed by atoms with Crippen molar-refractivity contribution in [1.82, 2.24) is 4.72 Å². The molecule has 0 saturated carbocycles. The molecule has 0 aliphatic heterocycles. The highest BCUT2D eigenvalue weighted by Crippen LogP contribution is 2.36. The maximum Gasteiger partial charge on any atom is 0.240 e. The lowest BCUT2D eigenvalue weighted by molar-refractivity contribution is 0.287. The number of hydrogen-bond donors (Lipinski definition) is 1. The van der Waals surface area contributed by atoms with Crippen molar-refractivity contribution in [1.29, 1.82) is 0 Å². The highest BCUT2D eigenvalue weighted by atomic mass is 32.2. The Hall–Kier alpha value is -2.45. The Balaban J connectivity index is 1.99. The lowest BCUT2D eigenvalue weighted by Crippen LogP contribution is -2.28. The average Bonchev–Trinajstić information content (AvgIpc) is 2.64. The molecule has 0 aliphatic carbocycles. The summed E-state index contributed by atoms with van der Waals surface area (Å²) >= 11 is 0. The van der Waals surface area contributed by atoms with Crippen LogP contribution in [0, 0.1) is 6.92 Å². The Morgan fingerprint density at radius 2 is 1.69 bits per heavy atom. The van der Waals surface area contributed by atoms with Gasteiger partial charge in [-0.05, 0) is 42.8 Å². The largest absolute Gasteiger partial charge is 0.497 e. The molecule has 0 radical (unpaired) electrons. The molecule has 0 spiro atoms. The Morgan fingerprint density at radius 3 is 2.31 bits per heavy atom. The first-order valence-corrected chi connectivity index (χ1v) is 9.39. The smallest absolute Gasteiger partial charge is 0.240 e. The zero-order chi connectivity index (χ0) is 19.2. The molecular formula is C18H23NO6S. The van der Waals surface area contributed by atoms with Crippen LogP contribution in [0.1, 0.15) is 5.56 Å². The molecule has 1 N–H and O–H groups in total. The van der Waals surface area contributed by atoms with Crippen LogP contribution in [0.15, 0.2) is 41.3 Å². The third kappa shape index (κ3) is 4.59. The Bertz CT molecular complexity index is 851.